The maximum Gasteiger partial charge on any atom is 0.263 e. The molecule has 5 nitrogen and oxygen atoms in total. The molecule has 0 fully saturated rings. The summed E-state index contributed by atoms with van der Waals surface area (Å²) in [5, 5.41) is 0. The smallest absolute Gasteiger partial charge is 0.263 e. The van der Waals surface area contributed by atoms with Crippen molar-refractivity contribution in [3.63, 3.8) is 0 Å². The van der Waals surface area contributed by atoms with Gasteiger partial charge < -0.3 is 11.5 Å². The summed E-state index contributed by atoms with van der Waals surface area (Å²) in [6, 6.07) is 2.94. The van der Waals surface area contributed by atoms with Crippen LogP contribution in [0.3, 0.4) is 0 Å². The summed E-state index contributed by atoms with van der Waals surface area (Å²) >= 11 is 0. The molecule has 0 bridgehead atoms. The van der Waals surface area contributed by atoms with Crippen molar-refractivity contribution in [2.45, 2.75) is 0 Å². The summed E-state index contributed by atoms with van der Waals surface area (Å²) in [6.45, 7) is 0. The van der Waals surface area contributed by atoms with Crippen molar-refractivity contribution < 1.29 is 9.59 Å². The number of nitrogens with two attached hydrogens (primary N) is 2. The van der Waals surface area contributed by atoms with Gasteiger partial charge in [-0.2, -0.15) is 0 Å². The number of amides is 2. The number of fused-ring (bicyclic) bond motifs is 1. The van der Waals surface area contributed by atoms with Gasteiger partial charge in [0.05, 0.1) is 11.1 Å². The zero-order chi connectivity index (χ0) is 10.5. The fourth-order valence-corrected chi connectivity index (χ4v) is 1.54. The van der Waals surface area contributed by atoms with Crippen molar-refractivity contribution >= 4 is 23.2 Å². The van der Waals surface area contributed by atoms with E-state index in [2.05, 4.69) is 0 Å². The summed E-state index contributed by atoms with van der Waals surface area (Å²) in [7, 11) is 1.42. The normalized spacial score (nSPS) is 14.8. The van der Waals surface area contributed by atoms with E-state index in [4.69, 9.17) is 11.5 Å². The number of hydrogen-bond acceptors (Lipinski definition) is 4. The Morgan fingerprint density at radius 1 is 1.14 bits per heavy atom. The van der Waals surface area contributed by atoms with Gasteiger partial charge in [-0.1, -0.05) is 0 Å². The Hall–Kier alpha value is -2.04. The minimum absolute atomic E-state index is 0.253. The second kappa shape index (κ2) is 2.47. The van der Waals surface area contributed by atoms with Gasteiger partial charge in [0, 0.05) is 18.4 Å². The predicted octanol–water partition coefficient (Wildman–Crippen LogP) is 0.0768. The van der Waals surface area contributed by atoms with E-state index in [9.17, 15) is 9.59 Å². The molecule has 0 spiro atoms. The number of rotatable bonds is 0. The highest BCUT2D eigenvalue weighted by atomic mass is 16.2. The van der Waals surface area contributed by atoms with Crippen LogP contribution in [0.5, 0.6) is 0 Å². The van der Waals surface area contributed by atoms with Crippen LogP contribution in [0.2, 0.25) is 0 Å². The van der Waals surface area contributed by atoms with E-state index in [0.29, 0.717) is 5.69 Å². The summed E-state index contributed by atoms with van der Waals surface area (Å²) in [4.78, 5) is 24.1. The molecule has 0 unspecified atom stereocenters. The largest absolute Gasteiger partial charge is 0.399 e. The van der Waals surface area contributed by atoms with Crippen molar-refractivity contribution in [2.24, 2.45) is 0 Å². The van der Waals surface area contributed by atoms with Crippen LogP contribution < -0.4 is 11.5 Å². The number of imide groups is 1. The second-order valence-electron chi connectivity index (χ2n) is 3.20. The van der Waals surface area contributed by atoms with Crippen molar-refractivity contribution in [1.29, 1.82) is 0 Å². The van der Waals surface area contributed by atoms with E-state index < -0.39 is 0 Å². The zero-order valence-corrected chi connectivity index (χ0v) is 7.57. The maximum atomic E-state index is 11.5. The lowest BCUT2D eigenvalue weighted by atomic mass is 10.1. The Balaban J connectivity index is 2.76. The van der Waals surface area contributed by atoms with Gasteiger partial charge in [-0.25, -0.2) is 0 Å². The van der Waals surface area contributed by atoms with Crippen molar-refractivity contribution in [3.05, 3.63) is 23.3 Å². The van der Waals surface area contributed by atoms with Crippen LogP contribution in [0, 0.1) is 0 Å². The first-order valence-corrected chi connectivity index (χ1v) is 4.03. The molecule has 0 saturated carbocycles. The first-order chi connectivity index (χ1) is 6.52. The van der Waals surface area contributed by atoms with Crippen molar-refractivity contribution in [2.75, 3.05) is 18.5 Å². The lowest BCUT2D eigenvalue weighted by Gasteiger charge is -2.03. The van der Waals surface area contributed by atoms with Crippen LogP contribution in [0.25, 0.3) is 0 Å². The minimum atomic E-state index is -0.373. The van der Waals surface area contributed by atoms with Crippen LogP contribution in [0.4, 0.5) is 11.4 Å². The summed E-state index contributed by atoms with van der Waals surface area (Å²) in [5.41, 5.74) is 12.3. The molecule has 0 aromatic heterocycles. The minimum Gasteiger partial charge on any atom is -0.399 e. The quantitative estimate of drug-likeness (QED) is 0.448. The lowest BCUT2D eigenvalue weighted by molar-refractivity contribution is 0.0693. The Labute approximate surface area is 80.3 Å². The van der Waals surface area contributed by atoms with Crippen LogP contribution in [-0.2, 0) is 0 Å². The van der Waals surface area contributed by atoms with E-state index in [1.54, 1.807) is 0 Å². The Bertz CT molecular complexity index is 454. The molecule has 72 valence electrons. The van der Waals surface area contributed by atoms with E-state index >= 15 is 0 Å². The fraction of sp³-hybridized carbons (Fsp3) is 0.111. The number of nitrogens with zero attached hydrogens (tertiary/aromatic N) is 1. The highest BCUT2D eigenvalue weighted by molar-refractivity contribution is 6.23. The standard InChI is InChI=1S/C9H9N3O2/c1-12-8(13)5-2-4(10)3-6(11)7(5)9(12)14/h2-3H,10-11H2,1H3. The van der Waals surface area contributed by atoms with Crippen LogP contribution in [0.1, 0.15) is 20.7 Å². The molecule has 1 aliphatic rings. The molecule has 2 amide bonds. The maximum absolute atomic E-state index is 11.5. The molecule has 1 aromatic carbocycles. The number of nitrogen functional groups attached to an aromatic ring is 2. The van der Waals surface area contributed by atoms with Gasteiger partial charge in [-0.15, -0.1) is 0 Å². The molecule has 1 aliphatic heterocycles. The molecular formula is C9H9N3O2. The molecule has 0 aliphatic carbocycles. The molecule has 0 atom stereocenters. The van der Waals surface area contributed by atoms with Crippen molar-refractivity contribution in [3.8, 4) is 0 Å². The highest BCUT2D eigenvalue weighted by Gasteiger charge is 2.34. The Morgan fingerprint density at radius 3 is 2.43 bits per heavy atom. The number of benzene rings is 1. The average Bonchev–Trinajstić information content (AvgIpc) is 2.31. The Kier molecular flexibility index (Phi) is 1.51. The highest BCUT2D eigenvalue weighted by Crippen LogP contribution is 2.28. The van der Waals surface area contributed by atoms with Gasteiger partial charge in [0.15, 0.2) is 0 Å². The third-order valence-corrected chi connectivity index (χ3v) is 2.24. The summed E-state index contributed by atoms with van der Waals surface area (Å²) in [6.07, 6.45) is 0. The third kappa shape index (κ3) is 0.891. The van der Waals surface area contributed by atoms with Gasteiger partial charge in [0.25, 0.3) is 11.8 Å². The molecule has 14 heavy (non-hydrogen) atoms. The van der Waals surface area contributed by atoms with E-state index in [-0.39, 0.29) is 28.6 Å². The zero-order valence-electron chi connectivity index (χ0n) is 7.57. The molecule has 0 radical (unpaired) electrons. The van der Waals surface area contributed by atoms with Crippen LogP contribution in [-0.4, -0.2) is 23.8 Å². The van der Waals surface area contributed by atoms with Gasteiger partial charge in [-0.05, 0) is 12.1 Å². The first kappa shape index (κ1) is 8.55. The number of hydrogen-bond donors (Lipinski definition) is 2. The van der Waals surface area contributed by atoms with Gasteiger partial charge >= 0.3 is 0 Å². The first-order valence-electron chi connectivity index (χ1n) is 4.03. The van der Waals surface area contributed by atoms with E-state index in [1.165, 1.54) is 19.2 Å². The fourth-order valence-electron chi connectivity index (χ4n) is 1.54. The molecule has 4 N–H and O–H groups in total. The number of carbonyl (C=O) groups excluding carboxylic acids is 2. The van der Waals surface area contributed by atoms with E-state index in [1.807, 2.05) is 0 Å². The summed E-state index contributed by atoms with van der Waals surface area (Å²) < 4.78 is 0. The monoisotopic (exact) mass is 191 g/mol. The van der Waals surface area contributed by atoms with Gasteiger partial charge in [-0.3, -0.25) is 14.5 Å². The third-order valence-electron chi connectivity index (χ3n) is 2.24. The van der Waals surface area contributed by atoms with E-state index in [0.717, 1.165) is 4.90 Å². The molecule has 5 heteroatoms. The molecule has 1 aromatic rings. The van der Waals surface area contributed by atoms with Gasteiger partial charge in [0.2, 0.25) is 0 Å². The second-order valence-corrected chi connectivity index (χ2v) is 3.20. The SMILES string of the molecule is CN1C(=O)c2cc(N)cc(N)c2C1=O. The van der Waals surface area contributed by atoms with Gasteiger partial charge in [0.1, 0.15) is 0 Å². The van der Waals surface area contributed by atoms with Crippen LogP contribution >= 0.6 is 0 Å². The number of carbonyl (C=O) groups is 2. The van der Waals surface area contributed by atoms with Crippen LogP contribution in [0.15, 0.2) is 12.1 Å². The predicted molar refractivity (Wildman–Crippen MR) is 51.7 cm³/mol. The topological polar surface area (TPSA) is 89.4 Å². The molecule has 1 heterocycles. The molecule has 0 saturated heterocycles. The average molecular weight is 191 g/mol. The van der Waals surface area contributed by atoms with Crippen molar-refractivity contribution in [1.82, 2.24) is 4.90 Å². The Morgan fingerprint density at radius 2 is 1.79 bits per heavy atom. The summed E-state index contributed by atoms with van der Waals surface area (Å²) in [5.74, 6) is -0.730. The number of anilines is 2. The molecular weight excluding hydrogens is 182 g/mol. The lowest BCUT2D eigenvalue weighted by Crippen LogP contribution is -2.24. The molecule has 2 rings (SSSR count).